The van der Waals surface area contributed by atoms with Gasteiger partial charge in [0.15, 0.2) is 16.5 Å². The minimum absolute atomic E-state index is 0.0765. The number of rotatable bonds is 2. The summed E-state index contributed by atoms with van der Waals surface area (Å²) in [5, 5.41) is 0.793. The highest BCUT2D eigenvalue weighted by Crippen LogP contribution is 2.32. The van der Waals surface area contributed by atoms with Crippen molar-refractivity contribution in [3.8, 4) is 10.8 Å². The molecule has 3 heterocycles. The molecular weight excluding hydrogens is 334 g/mol. The van der Waals surface area contributed by atoms with E-state index in [0.29, 0.717) is 24.6 Å². The zero-order valence-corrected chi connectivity index (χ0v) is 15.2. The molecular formula is C19H21N3O2S. The van der Waals surface area contributed by atoms with Crippen LogP contribution >= 0.6 is 11.3 Å². The van der Waals surface area contributed by atoms with Crippen molar-refractivity contribution in [3.05, 3.63) is 42.2 Å². The third kappa shape index (κ3) is 2.96. The molecule has 1 aliphatic heterocycles. The summed E-state index contributed by atoms with van der Waals surface area (Å²) in [4.78, 5) is 19.2. The Hall–Kier alpha value is -2.18. The van der Waals surface area contributed by atoms with Crippen molar-refractivity contribution in [2.45, 2.75) is 26.3 Å². The van der Waals surface area contributed by atoms with Crippen molar-refractivity contribution < 1.29 is 9.21 Å². The fraction of sp³-hybridized carbons (Fsp3) is 0.368. The summed E-state index contributed by atoms with van der Waals surface area (Å²) in [5.41, 5.74) is 7.02. The molecule has 0 radical (unpaired) electrons. The Balaban J connectivity index is 1.57. The van der Waals surface area contributed by atoms with Crippen molar-refractivity contribution in [1.82, 2.24) is 9.88 Å². The van der Waals surface area contributed by atoms with Crippen molar-refractivity contribution in [1.29, 1.82) is 0 Å². The minimum Gasteiger partial charge on any atom is -0.448 e. The second-order valence-electron chi connectivity index (χ2n) is 7.26. The van der Waals surface area contributed by atoms with Crippen LogP contribution in [0, 0.1) is 5.41 Å². The van der Waals surface area contributed by atoms with Crippen molar-refractivity contribution in [2.24, 2.45) is 11.1 Å². The second-order valence-corrected chi connectivity index (χ2v) is 8.29. The third-order valence-corrected chi connectivity index (χ3v) is 5.97. The smallest absolute Gasteiger partial charge is 0.289 e. The summed E-state index contributed by atoms with van der Waals surface area (Å²) in [6.07, 6.45) is 0.810. The van der Waals surface area contributed by atoms with Crippen LogP contribution < -0.4 is 5.73 Å². The molecule has 6 heteroatoms. The molecule has 0 saturated carbocycles. The molecule has 5 nitrogen and oxygen atoms in total. The van der Waals surface area contributed by atoms with Crippen LogP contribution in [0.1, 0.15) is 30.8 Å². The number of thiazole rings is 1. The second kappa shape index (κ2) is 5.97. The number of likely N-dealkylation sites (tertiary alicyclic amines) is 1. The van der Waals surface area contributed by atoms with Gasteiger partial charge in [-0.2, -0.15) is 0 Å². The van der Waals surface area contributed by atoms with Gasteiger partial charge in [-0.05, 0) is 36.1 Å². The summed E-state index contributed by atoms with van der Waals surface area (Å²) < 4.78 is 6.94. The first-order valence-corrected chi connectivity index (χ1v) is 9.26. The maximum Gasteiger partial charge on any atom is 0.289 e. The van der Waals surface area contributed by atoms with Gasteiger partial charge in [-0.3, -0.25) is 4.79 Å². The Kier molecular flexibility index (Phi) is 3.89. The number of nitrogens with two attached hydrogens (primary N) is 1. The molecule has 0 bridgehead atoms. The highest BCUT2D eigenvalue weighted by atomic mass is 32.1. The van der Waals surface area contributed by atoms with Gasteiger partial charge < -0.3 is 15.1 Å². The minimum atomic E-state index is -0.0869. The molecule has 2 aromatic heterocycles. The molecule has 1 saturated heterocycles. The lowest BCUT2D eigenvalue weighted by atomic mass is 9.79. The Morgan fingerprint density at radius 3 is 2.88 bits per heavy atom. The summed E-state index contributed by atoms with van der Waals surface area (Å²) >= 11 is 1.56. The number of aromatic nitrogens is 1. The first-order chi connectivity index (χ1) is 11.9. The van der Waals surface area contributed by atoms with Crippen LogP contribution in [0.25, 0.3) is 21.0 Å². The lowest BCUT2D eigenvalue weighted by Gasteiger charge is -2.42. The molecule has 0 aliphatic carbocycles. The summed E-state index contributed by atoms with van der Waals surface area (Å²) in [7, 11) is 0. The number of carbonyl (C=O) groups excluding carboxylic acids is 1. The van der Waals surface area contributed by atoms with Gasteiger partial charge >= 0.3 is 0 Å². The number of furan rings is 1. The van der Waals surface area contributed by atoms with E-state index in [2.05, 4.69) is 18.8 Å². The van der Waals surface area contributed by atoms with Gasteiger partial charge in [0.25, 0.3) is 5.91 Å². The fourth-order valence-electron chi connectivity index (χ4n) is 3.25. The van der Waals surface area contributed by atoms with E-state index in [0.717, 1.165) is 21.6 Å². The molecule has 1 amide bonds. The predicted octanol–water partition coefficient (Wildman–Crippen LogP) is 3.76. The van der Waals surface area contributed by atoms with Crippen molar-refractivity contribution in [3.63, 3.8) is 0 Å². The molecule has 1 unspecified atom stereocenters. The maximum absolute atomic E-state index is 12.8. The van der Waals surface area contributed by atoms with Crippen LogP contribution in [-0.4, -0.2) is 34.9 Å². The van der Waals surface area contributed by atoms with Gasteiger partial charge in [-0.1, -0.05) is 26.0 Å². The van der Waals surface area contributed by atoms with E-state index in [-0.39, 0.29) is 17.4 Å². The lowest BCUT2D eigenvalue weighted by molar-refractivity contribution is 0.0504. The van der Waals surface area contributed by atoms with E-state index < -0.39 is 0 Å². The predicted molar refractivity (Wildman–Crippen MR) is 99.6 cm³/mol. The largest absolute Gasteiger partial charge is 0.448 e. The number of piperidine rings is 1. The van der Waals surface area contributed by atoms with Gasteiger partial charge in [0.05, 0.1) is 10.2 Å². The van der Waals surface area contributed by atoms with E-state index in [9.17, 15) is 4.79 Å². The van der Waals surface area contributed by atoms with E-state index in [1.807, 2.05) is 35.2 Å². The van der Waals surface area contributed by atoms with E-state index in [1.54, 1.807) is 17.4 Å². The number of carbonyl (C=O) groups is 1. The molecule has 1 fully saturated rings. The number of hydrogen-bond acceptors (Lipinski definition) is 5. The number of nitrogens with zero attached hydrogens (tertiary/aromatic N) is 2. The van der Waals surface area contributed by atoms with Crippen molar-refractivity contribution >= 4 is 27.5 Å². The number of benzene rings is 1. The van der Waals surface area contributed by atoms with Crippen LogP contribution in [-0.2, 0) is 0 Å². The Morgan fingerprint density at radius 1 is 1.32 bits per heavy atom. The van der Waals surface area contributed by atoms with Crippen LogP contribution in [0.3, 0.4) is 0 Å². The quantitative estimate of drug-likeness (QED) is 0.760. The normalized spacial score (nSPS) is 20.1. The number of hydrogen-bond donors (Lipinski definition) is 1. The van der Waals surface area contributed by atoms with E-state index in [4.69, 9.17) is 10.2 Å². The molecule has 4 rings (SSSR count). The standard InChI is InChI=1S/C19H21N3O2S/c1-19(2)11-22(10-9-16(19)20)18(23)14-8-7-13(24-14)17-21-12-5-3-4-6-15(12)25-17/h3-8,16H,9-11,20H2,1-2H3. The SMILES string of the molecule is CC1(C)CN(C(=O)c2ccc(-c3nc4ccccc4s3)o2)CCC1N. The molecule has 2 N–H and O–H groups in total. The zero-order valence-electron chi connectivity index (χ0n) is 14.4. The first-order valence-electron chi connectivity index (χ1n) is 8.45. The fourth-order valence-corrected chi connectivity index (χ4v) is 4.18. The summed E-state index contributed by atoms with van der Waals surface area (Å²) in [6.45, 7) is 5.52. The number of fused-ring (bicyclic) bond motifs is 1. The average Bonchev–Trinajstić information content (AvgIpc) is 3.22. The Morgan fingerprint density at radius 2 is 2.12 bits per heavy atom. The molecule has 25 heavy (non-hydrogen) atoms. The van der Waals surface area contributed by atoms with Crippen molar-refractivity contribution in [2.75, 3.05) is 13.1 Å². The highest BCUT2D eigenvalue weighted by molar-refractivity contribution is 7.21. The lowest BCUT2D eigenvalue weighted by Crippen LogP contribution is -2.53. The monoisotopic (exact) mass is 355 g/mol. The van der Waals surface area contributed by atoms with Crippen LogP contribution in [0.5, 0.6) is 0 Å². The molecule has 1 aliphatic rings. The molecule has 1 aromatic carbocycles. The summed E-state index contributed by atoms with van der Waals surface area (Å²) in [6, 6.07) is 11.6. The third-order valence-electron chi connectivity index (χ3n) is 4.92. The zero-order chi connectivity index (χ0) is 17.6. The van der Waals surface area contributed by atoms with Gasteiger partial charge in [-0.15, -0.1) is 11.3 Å². The van der Waals surface area contributed by atoms with E-state index >= 15 is 0 Å². The van der Waals surface area contributed by atoms with Gasteiger partial charge in [0.2, 0.25) is 0 Å². The Bertz CT molecular complexity index is 895. The first kappa shape index (κ1) is 16.3. The highest BCUT2D eigenvalue weighted by Gasteiger charge is 2.36. The summed E-state index contributed by atoms with van der Waals surface area (Å²) in [5.74, 6) is 0.922. The number of amides is 1. The topological polar surface area (TPSA) is 72.4 Å². The van der Waals surface area contributed by atoms with Gasteiger partial charge in [-0.25, -0.2) is 4.98 Å². The van der Waals surface area contributed by atoms with Gasteiger partial charge in [0.1, 0.15) is 0 Å². The van der Waals surface area contributed by atoms with Gasteiger partial charge in [0, 0.05) is 19.1 Å². The maximum atomic E-state index is 12.8. The van der Waals surface area contributed by atoms with Crippen LogP contribution in [0.15, 0.2) is 40.8 Å². The molecule has 3 aromatic rings. The molecule has 0 spiro atoms. The van der Waals surface area contributed by atoms with Crippen LogP contribution in [0.4, 0.5) is 0 Å². The Labute approximate surface area is 150 Å². The average molecular weight is 355 g/mol. The van der Waals surface area contributed by atoms with Crippen LogP contribution in [0.2, 0.25) is 0 Å². The number of para-hydroxylation sites is 1. The molecule has 1 atom stereocenters. The molecule has 130 valence electrons. The van der Waals surface area contributed by atoms with E-state index in [1.165, 1.54) is 0 Å².